The van der Waals surface area contributed by atoms with Crippen LogP contribution >= 0.6 is 0 Å². The second-order valence-electron chi connectivity index (χ2n) is 9.58. The summed E-state index contributed by atoms with van der Waals surface area (Å²) in [6.45, 7) is 1.82. The SMILES string of the molecule is O=C(C1CCCN1C(=O)C12CC3CC(CC(C3)C1)C2)N1CC[C@H](O)C1. The van der Waals surface area contributed by atoms with Crippen LogP contribution in [0.15, 0.2) is 0 Å². The molecule has 25 heavy (non-hydrogen) atoms. The van der Waals surface area contributed by atoms with Gasteiger partial charge in [0.2, 0.25) is 11.8 Å². The van der Waals surface area contributed by atoms with E-state index < -0.39 is 6.10 Å². The summed E-state index contributed by atoms with van der Waals surface area (Å²) in [7, 11) is 0. The number of β-amino-alcohol motifs (C(OH)–C–C–N with tert-alkyl or cyclic N) is 1. The van der Waals surface area contributed by atoms with Crippen molar-refractivity contribution in [3.63, 3.8) is 0 Å². The molecule has 4 bridgehead atoms. The lowest BCUT2D eigenvalue weighted by molar-refractivity contribution is -0.161. The topological polar surface area (TPSA) is 60.9 Å². The van der Waals surface area contributed by atoms with Crippen LogP contribution < -0.4 is 0 Å². The van der Waals surface area contributed by atoms with Crippen LogP contribution in [0.25, 0.3) is 0 Å². The van der Waals surface area contributed by atoms with Gasteiger partial charge >= 0.3 is 0 Å². The molecule has 2 aliphatic heterocycles. The van der Waals surface area contributed by atoms with E-state index in [0.717, 1.165) is 56.4 Å². The van der Waals surface area contributed by atoms with Crippen molar-refractivity contribution in [3.8, 4) is 0 Å². The van der Waals surface area contributed by atoms with Crippen LogP contribution in [0.4, 0.5) is 0 Å². The van der Waals surface area contributed by atoms with Gasteiger partial charge in [0.05, 0.1) is 11.5 Å². The maximum absolute atomic E-state index is 13.6. The van der Waals surface area contributed by atoms with Gasteiger partial charge in [-0.05, 0) is 75.5 Å². The van der Waals surface area contributed by atoms with Crippen molar-refractivity contribution in [2.75, 3.05) is 19.6 Å². The van der Waals surface area contributed by atoms with Gasteiger partial charge in [-0.2, -0.15) is 0 Å². The van der Waals surface area contributed by atoms with E-state index in [1.807, 2.05) is 4.90 Å². The molecule has 0 radical (unpaired) electrons. The van der Waals surface area contributed by atoms with E-state index in [1.54, 1.807) is 4.90 Å². The highest BCUT2D eigenvalue weighted by Gasteiger charge is 2.57. The highest BCUT2D eigenvalue weighted by atomic mass is 16.3. The van der Waals surface area contributed by atoms with Gasteiger partial charge in [0.15, 0.2) is 0 Å². The molecule has 1 unspecified atom stereocenters. The number of aliphatic hydroxyl groups is 1. The van der Waals surface area contributed by atoms with E-state index in [2.05, 4.69) is 0 Å². The fourth-order valence-electron chi connectivity index (χ4n) is 7.10. The summed E-state index contributed by atoms with van der Waals surface area (Å²) in [5, 5.41) is 9.75. The molecule has 0 spiro atoms. The summed E-state index contributed by atoms with van der Waals surface area (Å²) in [5.41, 5.74) is -0.151. The van der Waals surface area contributed by atoms with Crippen molar-refractivity contribution in [2.45, 2.75) is 69.9 Å². The number of likely N-dealkylation sites (tertiary alicyclic amines) is 2. The first kappa shape index (κ1) is 16.1. The standard InChI is InChI=1S/C20H30N2O3/c23-16-3-5-21(12-16)18(24)17-2-1-4-22(17)19(25)20-9-13-6-14(10-20)8-15(7-13)11-20/h13-17,23H,1-12H2/t13?,14?,15?,16-,17?,20?/m0/s1. The number of carbonyl (C=O) groups excluding carboxylic acids is 2. The predicted octanol–water partition coefficient (Wildman–Crippen LogP) is 1.79. The van der Waals surface area contributed by atoms with E-state index in [-0.39, 0.29) is 17.4 Å². The van der Waals surface area contributed by atoms with Crippen LogP contribution in [0.1, 0.15) is 57.8 Å². The van der Waals surface area contributed by atoms with Gasteiger partial charge in [-0.15, -0.1) is 0 Å². The quantitative estimate of drug-likeness (QED) is 0.829. The van der Waals surface area contributed by atoms with Crippen LogP contribution in [-0.4, -0.2) is 58.5 Å². The molecule has 6 aliphatic rings. The van der Waals surface area contributed by atoms with E-state index in [1.165, 1.54) is 19.3 Å². The zero-order valence-corrected chi connectivity index (χ0v) is 15.0. The molecule has 0 aromatic rings. The molecule has 4 saturated carbocycles. The first-order valence-corrected chi connectivity index (χ1v) is 10.3. The third-order valence-corrected chi connectivity index (χ3v) is 7.77. The Morgan fingerprint density at radius 3 is 2.12 bits per heavy atom. The Morgan fingerprint density at radius 2 is 1.56 bits per heavy atom. The van der Waals surface area contributed by atoms with Crippen molar-refractivity contribution < 1.29 is 14.7 Å². The molecule has 5 heteroatoms. The maximum atomic E-state index is 13.6. The Labute approximate surface area is 149 Å². The number of hydrogen-bond acceptors (Lipinski definition) is 3. The minimum Gasteiger partial charge on any atom is -0.391 e. The molecule has 6 fully saturated rings. The van der Waals surface area contributed by atoms with Crippen molar-refractivity contribution in [1.82, 2.24) is 9.80 Å². The van der Waals surface area contributed by atoms with Gasteiger partial charge in [-0.1, -0.05) is 0 Å². The Bertz CT molecular complexity index is 554. The Balaban J connectivity index is 1.35. The van der Waals surface area contributed by atoms with E-state index in [4.69, 9.17) is 0 Å². The molecule has 6 rings (SSSR count). The van der Waals surface area contributed by atoms with Gasteiger partial charge in [-0.3, -0.25) is 9.59 Å². The molecular formula is C20H30N2O3. The Kier molecular flexibility index (Phi) is 3.67. The number of amides is 2. The fourth-order valence-corrected chi connectivity index (χ4v) is 7.10. The molecule has 0 aromatic carbocycles. The third kappa shape index (κ3) is 2.53. The van der Waals surface area contributed by atoms with Crippen LogP contribution in [0.2, 0.25) is 0 Å². The van der Waals surface area contributed by atoms with Crippen LogP contribution in [0.3, 0.4) is 0 Å². The fraction of sp³-hybridized carbons (Fsp3) is 0.900. The zero-order chi connectivity index (χ0) is 17.2. The molecular weight excluding hydrogens is 316 g/mol. The first-order valence-electron chi connectivity index (χ1n) is 10.3. The van der Waals surface area contributed by atoms with Gasteiger partial charge in [0.1, 0.15) is 6.04 Å². The smallest absolute Gasteiger partial charge is 0.245 e. The molecule has 2 amide bonds. The van der Waals surface area contributed by atoms with Crippen molar-refractivity contribution in [3.05, 3.63) is 0 Å². The van der Waals surface area contributed by atoms with Gasteiger partial charge in [0.25, 0.3) is 0 Å². The molecule has 0 aromatic heterocycles. The van der Waals surface area contributed by atoms with Crippen LogP contribution in [-0.2, 0) is 9.59 Å². The first-order chi connectivity index (χ1) is 12.0. The lowest BCUT2D eigenvalue weighted by Gasteiger charge is -2.56. The zero-order valence-electron chi connectivity index (χ0n) is 15.0. The van der Waals surface area contributed by atoms with Crippen molar-refractivity contribution >= 4 is 11.8 Å². The lowest BCUT2D eigenvalue weighted by atomic mass is 9.49. The second-order valence-corrected chi connectivity index (χ2v) is 9.58. The number of carbonyl (C=O) groups is 2. The minimum absolute atomic E-state index is 0.0760. The summed E-state index contributed by atoms with van der Waals surface area (Å²) in [6, 6.07) is -0.272. The minimum atomic E-state index is -0.391. The van der Waals surface area contributed by atoms with Gasteiger partial charge in [0, 0.05) is 19.6 Å². The number of aliphatic hydroxyl groups excluding tert-OH is 1. The summed E-state index contributed by atoms with van der Waals surface area (Å²) in [4.78, 5) is 30.3. The van der Waals surface area contributed by atoms with Crippen LogP contribution in [0.5, 0.6) is 0 Å². The Hall–Kier alpha value is -1.10. The van der Waals surface area contributed by atoms with Crippen LogP contribution in [0, 0.1) is 23.2 Å². The van der Waals surface area contributed by atoms with Crippen molar-refractivity contribution in [2.24, 2.45) is 23.2 Å². The second kappa shape index (κ2) is 5.70. The van der Waals surface area contributed by atoms with Gasteiger partial charge < -0.3 is 14.9 Å². The summed E-state index contributed by atoms with van der Waals surface area (Å²) < 4.78 is 0. The molecule has 2 atom stereocenters. The Morgan fingerprint density at radius 1 is 0.920 bits per heavy atom. The maximum Gasteiger partial charge on any atom is 0.245 e. The molecule has 5 nitrogen and oxygen atoms in total. The average molecular weight is 346 g/mol. The summed E-state index contributed by atoms with van der Waals surface area (Å²) >= 11 is 0. The normalized spacial score (nSPS) is 45.4. The van der Waals surface area contributed by atoms with Gasteiger partial charge in [-0.25, -0.2) is 0 Å². The number of hydrogen-bond donors (Lipinski definition) is 1. The number of nitrogens with zero attached hydrogens (tertiary/aromatic N) is 2. The molecule has 1 N–H and O–H groups in total. The summed E-state index contributed by atoms with van der Waals surface area (Å²) in [5.74, 6) is 2.62. The number of rotatable bonds is 2. The highest BCUT2D eigenvalue weighted by Crippen LogP contribution is 2.60. The van der Waals surface area contributed by atoms with E-state index >= 15 is 0 Å². The van der Waals surface area contributed by atoms with E-state index in [0.29, 0.717) is 25.4 Å². The molecule has 4 aliphatic carbocycles. The molecule has 2 saturated heterocycles. The summed E-state index contributed by atoms with van der Waals surface area (Å²) in [6.07, 6.45) is 9.21. The third-order valence-electron chi connectivity index (χ3n) is 7.77. The molecule has 138 valence electrons. The molecule has 2 heterocycles. The average Bonchev–Trinajstić information content (AvgIpc) is 3.21. The largest absolute Gasteiger partial charge is 0.391 e. The van der Waals surface area contributed by atoms with E-state index in [9.17, 15) is 14.7 Å². The predicted molar refractivity (Wildman–Crippen MR) is 92.5 cm³/mol. The highest BCUT2D eigenvalue weighted by molar-refractivity contribution is 5.91. The monoisotopic (exact) mass is 346 g/mol. The van der Waals surface area contributed by atoms with Crippen molar-refractivity contribution in [1.29, 1.82) is 0 Å². The lowest BCUT2D eigenvalue weighted by Crippen LogP contribution is -2.57.